The summed E-state index contributed by atoms with van der Waals surface area (Å²) >= 11 is 3.25. The Bertz CT molecular complexity index is 823. The first kappa shape index (κ1) is 18.9. The molecular weight excluding hydrogens is 403 g/mol. The molecule has 1 atom stereocenters. The van der Waals surface area contributed by atoms with Gasteiger partial charge in [-0.15, -0.1) is 0 Å². The molecule has 1 aliphatic heterocycles. The number of ether oxygens (including phenoxy) is 1. The quantitative estimate of drug-likeness (QED) is 0.756. The van der Waals surface area contributed by atoms with Crippen LogP contribution in [0.5, 0.6) is 0 Å². The van der Waals surface area contributed by atoms with E-state index in [4.69, 9.17) is 0 Å². The topological polar surface area (TPSA) is 84.8 Å². The van der Waals surface area contributed by atoms with Gasteiger partial charge in [-0.05, 0) is 39.0 Å². The lowest BCUT2D eigenvalue weighted by Gasteiger charge is -2.39. The molecule has 0 aromatic heterocycles. The van der Waals surface area contributed by atoms with Gasteiger partial charge in [-0.3, -0.25) is 10.3 Å². The highest BCUT2D eigenvalue weighted by atomic mass is 79.9. The maximum absolute atomic E-state index is 14.3. The molecule has 24 heavy (non-hydrogen) atoms. The van der Waals surface area contributed by atoms with E-state index in [-0.39, 0.29) is 17.2 Å². The van der Waals surface area contributed by atoms with Gasteiger partial charge in [-0.25, -0.2) is 17.6 Å². The molecule has 0 spiro atoms. The fourth-order valence-corrected chi connectivity index (χ4v) is 4.56. The summed E-state index contributed by atoms with van der Waals surface area (Å²) in [6.07, 6.45) is -0.837. The standard InChI is InChI=1S/C15H18BrFN2O4S/c1-14(2)12(18-13(20)23-4)19-15(3,8-24(14,21)22)10-7-9(16)5-6-11(10)17/h5-7H,8H2,1-4H3,(H,18,19,20)/t15-/m0/s1. The molecule has 2 rings (SSSR count). The number of alkyl carbamates (subject to hydrolysis) is 1. The summed E-state index contributed by atoms with van der Waals surface area (Å²) in [5.74, 6) is -1.04. The zero-order valence-corrected chi connectivity index (χ0v) is 16.1. The van der Waals surface area contributed by atoms with Crippen molar-refractivity contribution in [1.29, 1.82) is 0 Å². The van der Waals surface area contributed by atoms with Gasteiger partial charge in [-0.2, -0.15) is 0 Å². The number of hydrogen-bond donors (Lipinski definition) is 1. The Labute approximate surface area is 148 Å². The molecular formula is C15H18BrFN2O4S. The fourth-order valence-electron chi connectivity index (χ4n) is 2.49. The van der Waals surface area contributed by atoms with E-state index in [2.05, 4.69) is 31.0 Å². The Morgan fingerprint density at radius 2 is 2.00 bits per heavy atom. The number of sulfone groups is 1. The van der Waals surface area contributed by atoms with Crippen LogP contribution in [0.4, 0.5) is 9.18 Å². The Morgan fingerprint density at radius 1 is 1.38 bits per heavy atom. The summed E-state index contributed by atoms with van der Waals surface area (Å²) in [6.45, 7) is 4.39. The molecule has 1 aromatic rings. The monoisotopic (exact) mass is 420 g/mol. The van der Waals surface area contributed by atoms with Crippen LogP contribution < -0.4 is 5.32 Å². The van der Waals surface area contributed by atoms with Crippen molar-refractivity contribution in [3.8, 4) is 0 Å². The normalized spacial score (nSPS) is 24.8. The van der Waals surface area contributed by atoms with Crippen LogP contribution in [0.1, 0.15) is 26.3 Å². The van der Waals surface area contributed by atoms with Crippen LogP contribution >= 0.6 is 15.9 Å². The van der Waals surface area contributed by atoms with Gasteiger partial charge in [0.05, 0.1) is 12.9 Å². The number of aliphatic imine (C=N–C) groups is 1. The molecule has 1 heterocycles. The smallest absolute Gasteiger partial charge is 0.412 e. The van der Waals surface area contributed by atoms with Gasteiger partial charge >= 0.3 is 6.09 Å². The van der Waals surface area contributed by atoms with E-state index in [1.807, 2.05) is 0 Å². The molecule has 1 aromatic carbocycles. The molecule has 1 aliphatic rings. The van der Waals surface area contributed by atoms with Gasteiger partial charge < -0.3 is 4.74 Å². The van der Waals surface area contributed by atoms with Gasteiger partial charge in [0.1, 0.15) is 21.9 Å². The Hall–Kier alpha value is -1.48. The Balaban J connectivity index is 2.68. The van der Waals surface area contributed by atoms with Crippen LogP contribution in [0.25, 0.3) is 0 Å². The summed E-state index contributed by atoms with van der Waals surface area (Å²) in [5.41, 5.74) is -1.25. The van der Waals surface area contributed by atoms with Crippen molar-refractivity contribution in [3.63, 3.8) is 0 Å². The highest BCUT2D eigenvalue weighted by Crippen LogP contribution is 2.38. The molecule has 1 amide bonds. The van der Waals surface area contributed by atoms with Crippen molar-refractivity contribution < 1.29 is 22.3 Å². The molecule has 0 fully saturated rings. The van der Waals surface area contributed by atoms with Crippen LogP contribution in [-0.4, -0.2) is 38.0 Å². The van der Waals surface area contributed by atoms with Crippen LogP contribution in [0.15, 0.2) is 27.7 Å². The van der Waals surface area contributed by atoms with E-state index in [1.165, 1.54) is 39.0 Å². The van der Waals surface area contributed by atoms with E-state index in [1.54, 1.807) is 0 Å². The number of nitrogens with one attached hydrogen (secondary N) is 1. The molecule has 0 aliphatic carbocycles. The lowest BCUT2D eigenvalue weighted by atomic mass is 9.93. The third kappa shape index (κ3) is 3.19. The van der Waals surface area contributed by atoms with Crippen LogP contribution in [0, 0.1) is 5.82 Å². The van der Waals surface area contributed by atoms with E-state index in [0.717, 1.165) is 7.11 Å². The van der Waals surface area contributed by atoms with Gasteiger partial charge in [0.25, 0.3) is 0 Å². The lowest BCUT2D eigenvalue weighted by Crippen LogP contribution is -2.57. The van der Waals surface area contributed by atoms with Crippen molar-refractivity contribution in [2.24, 2.45) is 4.99 Å². The first-order chi connectivity index (χ1) is 10.9. The molecule has 0 bridgehead atoms. The van der Waals surface area contributed by atoms with Crippen molar-refractivity contribution >= 4 is 37.7 Å². The predicted molar refractivity (Wildman–Crippen MR) is 92.3 cm³/mol. The molecule has 0 radical (unpaired) electrons. The van der Waals surface area contributed by atoms with Crippen LogP contribution in [0.2, 0.25) is 0 Å². The second kappa shape index (κ2) is 6.11. The second-order valence-corrected chi connectivity index (χ2v) is 9.70. The first-order valence-corrected chi connectivity index (χ1v) is 9.50. The molecule has 1 N–H and O–H groups in total. The summed E-state index contributed by atoms with van der Waals surface area (Å²) in [4.78, 5) is 15.9. The highest BCUT2D eigenvalue weighted by molar-refractivity contribution is 9.10. The largest absolute Gasteiger partial charge is 0.453 e. The minimum absolute atomic E-state index is 0.0810. The number of amides is 1. The summed E-state index contributed by atoms with van der Waals surface area (Å²) in [6, 6.07) is 4.24. The van der Waals surface area contributed by atoms with E-state index in [9.17, 15) is 17.6 Å². The third-order valence-electron chi connectivity index (χ3n) is 4.09. The van der Waals surface area contributed by atoms with Crippen molar-refractivity contribution in [2.45, 2.75) is 31.1 Å². The number of carbonyl (C=O) groups excluding carboxylic acids is 1. The number of rotatable bonds is 1. The number of nitrogens with zero attached hydrogens (tertiary/aromatic N) is 1. The highest BCUT2D eigenvalue weighted by Gasteiger charge is 2.50. The maximum Gasteiger partial charge on any atom is 0.412 e. The SMILES string of the molecule is COC(=O)NC1=N[C@](C)(c2cc(Br)ccc2F)CS(=O)(=O)C1(C)C. The average molecular weight is 421 g/mol. The fraction of sp³-hybridized carbons (Fsp3) is 0.467. The number of halogens is 2. The van der Waals surface area contributed by atoms with Crippen LogP contribution in [-0.2, 0) is 20.1 Å². The zero-order valence-electron chi connectivity index (χ0n) is 13.7. The summed E-state index contributed by atoms with van der Waals surface area (Å²) in [7, 11) is -2.57. The number of benzene rings is 1. The zero-order chi connectivity index (χ0) is 18.3. The van der Waals surface area contributed by atoms with Crippen LogP contribution in [0.3, 0.4) is 0 Å². The van der Waals surface area contributed by atoms with Gasteiger partial charge in [0.15, 0.2) is 9.84 Å². The number of hydrogen-bond acceptors (Lipinski definition) is 5. The summed E-state index contributed by atoms with van der Waals surface area (Å²) in [5, 5.41) is 2.35. The minimum atomic E-state index is -3.73. The Kier molecular flexibility index (Phi) is 4.80. The van der Waals surface area contributed by atoms with Crippen molar-refractivity contribution in [1.82, 2.24) is 5.32 Å². The second-order valence-electron chi connectivity index (χ2n) is 6.24. The molecule has 132 valence electrons. The van der Waals surface area contributed by atoms with Gasteiger partial charge in [-0.1, -0.05) is 15.9 Å². The third-order valence-corrected chi connectivity index (χ3v) is 7.28. The molecule has 9 heteroatoms. The number of carbonyl (C=O) groups is 1. The number of methoxy groups -OCH3 is 1. The predicted octanol–water partition coefficient (Wildman–Crippen LogP) is 2.76. The average Bonchev–Trinajstić information content (AvgIpc) is 2.46. The minimum Gasteiger partial charge on any atom is -0.453 e. The first-order valence-electron chi connectivity index (χ1n) is 7.06. The van der Waals surface area contributed by atoms with E-state index < -0.39 is 32.0 Å². The van der Waals surface area contributed by atoms with Gasteiger partial charge in [0.2, 0.25) is 0 Å². The van der Waals surface area contributed by atoms with E-state index >= 15 is 0 Å². The lowest BCUT2D eigenvalue weighted by molar-refractivity contribution is 0.176. The van der Waals surface area contributed by atoms with Crippen molar-refractivity contribution in [2.75, 3.05) is 12.9 Å². The molecule has 0 saturated heterocycles. The molecule has 6 nitrogen and oxygen atoms in total. The maximum atomic E-state index is 14.3. The van der Waals surface area contributed by atoms with E-state index in [0.29, 0.717) is 4.47 Å². The number of amidine groups is 1. The van der Waals surface area contributed by atoms with Gasteiger partial charge in [0, 0.05) is 10.0 Å². The summed E-state index contributed by atoms with van der Waals surface area (Å²) < 4.78 is 43.5. The molecule has 0 saturated carbocycles. The Morgan fingerprint density at radius 3 is 2.58 bits per heavy atom. The van der Waals surface area contributed by atoms with Crippen molar-refractivity contribution in [3.05, 3.63) is 34.1 Å². The molecule has 0 unspecified atom stereocenters.